The minimum Gasteiger partial charge on any atom is -0.350 e. The summed E-state index contributed by atoms with van der Waals surface area (Å²) in [6.07, 6.45) is -3.39. The van der Waals surface area contributed by atoms with Crippen molar-refractivity contribution in [3.8, 4) is 0 Å². The van der Waals surface area contributed by atoms with Crippen LogP contribution in [0, 0.1) is 5.82 Å². The summed E-state index contributed by atoms with van der Waals surface area (Å²) in [7, 11) is 0. The average molecular weight is 492 g/mol. The fourth-order valence-corrected chi connectivity index (χ4v) is 4.38. The molecular formula is C23H20F4N4O2S. The molecule has 2 N–H and O–H groups in total. The second-order valence-corrected chi connectivity index (χ2v) is 8.60. The van der Waals surface area contributed by atoms with Crippen LogP contribution in [0.2, 0.25) is 0 Å². The molecule has 1 aromatic heterocycles. The summed E-state index contributed by atoms with van der Waals surface area (Å²) in [6.45, 7) is 0.294. The highest BCUT2D eigenvalue weighted by Gasteiger charge is 2.35. The van der Waals surface area contributed by atoms with Crippen LogP contribution in [0.25, 0.3) is 0 Å². The van der Waals surface area contributed by atoms with Crippen LogP contribution >= 0.6 is 11.3 Å². The lowest BCUT2D eigenvalue weighted by atomic mass is 10.1. The van der Waals surface area contributed by atoms with E-state index in [4.69, 9.17) is 0 Å². The Balaban J connectivity index is 1.38. The molecule has 2 heterocycles. The molecule has 0 radical (unpaired) electrons. The van der Waals surface area contributed by atoms with Gasteiger partial charge in [-0.2, -0.15) is 13.2 Å². The zero-order chi connectivity index (χ0) is 24.3. The SMILES string of the molecule is O=C(NCc1cccc(C(F)(F)F)c1)[C@H]1CCCN1C(=O)c1csc(Nc2ccc(F)cc2)n1. The number of carbonyl (C=O) groups is 2. The van der Waals surface area contributed by atoms with Crippen molar-refractivity contribution < 1.29 is 27.2 Å². The van der Waals surface area contributed by atoms with Crippen molar-refractivity contribution in [2.75, 3.05) is 11.9 Å². The van der Waals surface area contributed by atoms with E-state index < -0.39 is 29.6 Å². The average Bonchev–Trinajstić information content (AvgIpc) is 3.48. The molecule has 4 rings (SSSR count). The summed E-state index contributed by atoms with van der Waals surface area (Å²) in [5.74, 6) is -1.20. The number of hydrogen-bond acceptors (Lipinski definition) is 5. The Hall–Kier alpha value is -3.47. The number of rotatable bonds is 6. The van der Waals surface area contributed by atoms with Gasteiger partial charge in [0.2, 0.25) is 5.91 Å². The standard InChI is InChI=1S/C23H20F4N4O2S/c24-16-6-8-17(9-7-16)29-22-30-18(13-34-22)21(33)31-10-2-5-19(31)20(32)28-12-14-3-1-4-15(11-14)23(25,26)27/h1,3-4,6-9,11,13,19H,2,5,10,12H2,(H,28,32)(H,29,30)/t19-/m1/s1. The molecule has 1 fully saturated rings. The predicted octanol–water partition coefficient (Wildman–Crippen LogP) is 4.97. The number of aromatic nitrogens is 1. The van der Waals surface area contributed by atoms with Gasteiger partial charge in [-0.25, -0.2) is 9.37 Å². The van der Waals surface area contributed by atoms with E-state index in [9.17, 15) is 27.2 Å². The van der Waals surface area contributed by atoms with Gasteiger partial charge in [0.1, 0.15) is 17.6 Å². The zero-order valence-corrected chi connectivity index (χ0v) is 18.5. The number of amides is 2. The van der Waals surface area contributed by atoms with E-state index in [-0.39, 0.29) is 18.1 Å². The fourth-order valence-electron chi connectivity index (χ4n) is 3.68. The summed E-state index contributed by atoms with van der Waals surface area (Å²) >= 11 is 1.20. The molecule has 34 heavy (non-hydrogen) atoms. The normalized spacial score (nSPS) is 15.9. The molecule has 6 nitrogen and oxygen atoms in total. The van der Waals surface area contributed by atoms with Crippen LogP contribution in [0.3, 0.4) is 0 Å². The first-order chi connectivity index (χ1) is 16.2. The largest absolute Gasteiger partial charge is 0.416 e. The highest BCUT2D eigenvalue weighted by molar-refractivity contribution is 7.14. The van der Waals surface area contributed by atoms with E-state index in [1.807, 2.05) is 0 Å². The summed E-state index contributed by atoms with van der Waals surface area (Å²) in [6, 6.07) is 9.70. The third-order valence-electron chi connectivity index (χ3n) is 5.36. The number of carbonyl (C=O) groups excluding carboxylic acids is 2. The third-order valence-corrected chi connectivity index (χ3v) is 6.11. The van der Waals surface area contributed by atoms with Crippen LogP contribution in [0.4, 0.5) is 28.4 Å². The molecular weight excluding hydrogens is 472 g/mol. The molecule has 0 aliphatic carbocycles. The number of nitrogens with one attached hydrogen (secondary N) is 2. The van der Waals surface area contributed by atoms with E-state index in [0.29, 0.717) is 35.8 Å². The van der Waals surface area contributed by atoms with Crippen molar-refractivity contribution in [3.05, 3.63) is 76.5 Å². The lowest BCUT2D eigenvalue weighted by Gasteiger charge is -2.23. The quantitative estimate of drug-likeness (QED) is 0.477. The van der Waals surface area contributed by atoms with Crippen LogP contribution in [-0.2, 0) is 17.5 Å². The first-order valence-electron chi connectivity index (χ1n) is 10.4. The van der Waals surface area contributed by atoms with E-state index in [1.54, 1.807) is 17.5 Å². The highest BCUT2D eigenvalue weighted by atomic mass is 32.1. The second-order valence-electron chi connectivity index (χ2n) is 7.74. The van der Waals surface area contributed by atoms with Crippen molar-refractivity contribution in [2.45, 2.75) is 31.6 Å². The molecule has 2 aromatic carbocycles. The number of anilines is 2. The first kappa shape index (κ1) is 23.7. The molecule has 2 amide bonds. The Kier molecular flexibility index (Phi) is 6.82. The molecule has 1 atom stereocenters. The van der Waals surface area contributed by atoms with Crippen molar-refractivity contribution in [3.63, 3.8) is 0 Å². The van der Waals surface area contributed by atoms with Gasteiger partial charge in [-0.3, -0.25) is 9.59 Å². The first-order valence-corrected chi connectivity index (χ1v) is 11.3. The lowest BCUT2D eigenvalue weighted by Crippen LogP contribution is -2.45. The molecule has 0 bridgehead atoms. The highest BCUT2D eigenvalue weighted by Crippen LogP contribution is 2.30. The van der Waals surface area contributed by atoms with Crippen LogP contribution in [-0.4, -0.2) is 34.3 Å². The third kappa shape index (κ3) is 5.53. The molecule has 1 aliphatic rings. The van der Waals surface area contributed by atoms with Crippen molar-refractivity contribution >= 4 is 34.0 Å². The molecule has 11 heteroatoms. The van der Waals surface area contributed by atoms with Gasteiger partial charge >= 0.3 is 6.18 Å². The summed E-state index contributed by atoms with van der Waals surface area (Å²) in [4.78, 5) is 31.4. The molecule has 0 saturated carbocycles. The van der Waals surface area contributed by atoms with E-state index in [2.05, 4.69) is 15.6 Å². The van der Waals surface area contributed by atoms with Gasteiger partial charge in [0.05, 0.1) is 5.56 Å². The summed E-state index contributed by atoms with van der Waals surface area (Å²) in [5.41, 5.74) is 0.315. The topological polar surface area (TPSA) is 74.3 Å². The predicted molar refractivity (Wildman–Crippen MR) is 119 cm³/mol. The van der Waals surface area contributed by atoms with Gasteiger partial charge < -0.3 is 15.5 Å². The molecule has 1 aliphatic heterocycles. The van der Waals surface area contributed by atoms with Gasteiger partial charge in [0, 0.05) is 24.2 Å². The van der Waals surface area contributed by atoms with E-state index >= 15 is 0 Å². The number of benzene rings is 2. The lowest BCUT2D eigenvalue weighted by molar-refractivity contribution is -0.137. The van der Waals surface area contributed by atoms with Crippen LogP contribution in [0.1, 0.15) is 34.5 Å². The van der Waals surface area contributed by atoms with Gasteiger partial charge in [-0.1, -0.05) is 12.1 Å². The molecule has 178 valence electrons. The van der Waals surface area contributed by atoms with Gasteiger partial charge in [0.15, 0.2) is 5.13 Å². The monoisotopic (exact) mass is 492 g/mol. The minimum atomic E-state index is -4.47. The second kappa shape index (κ2) is 9.80. The number of likely N-dealkylation sites (tertiary alicyclic amines) is 1. The molecule has 0 spiro atoms. The minimum absolute atomic E-state index is 0.0796. The Morgan fingerprint density at radius 2 is 1.91 bits per heavy atom. The van der Waals surface area contributed by atoms with Crippen molar-refractivity contribution in [1.29, 1.82) is 0 Å². The summed E-state index contributed by atoms with van der Waals surface area (Å²) < 4.78 is 51.7. The van der Waals surface area contributed by atoms with E-state index in [1.165, 1.54) is 40.5 Å². The molecule has 3 aromatic rings. The summed E-state index contributed by atoms with van der Waals surface area (Å²) in [5, 5.41) is 7.65. The maximum atomic E-state index is 13.1. The Morgan fingerprint density at radius 3 is 2.65 bits per heavy atom. The number of halogens is 4. The maximum Gasteiger partial charge on any atom is 0.416 e. The smallest absolute Gasteiger partial charge is 0.350 e. The Labute approximate surface area is 196 Å². The van der Waals surface area contributed by atoms with Gasteiger partial charge in [-0.05, 0) is 54.8 Å². The van der Waals surface area contributed by atoms with Crippen LogP contribution in [0.15, 0.2) is 53.9 Å². The number of nitrogens with zero attached hydrogens (tertiary/aromatic N) is 2. The van der Waals surface area contributed by atoms with Gasteiger partial charge in [0.25, 0.3) is 5.91 Å². The number of hydrogen-bond donors (Lipinski definition) is 2. The van der Waals surface area contributed by atoms with Crippen molar-refractivity contribution in [1.82, 2.24) is 15.2 Å². The van der Waals surface area contributed by atoms with E-state index in [0.717, 1.165) is 12.1 Å². The van der Waals surface area contributed by atoms with Crippen LogP contribution in [0.5, 0.6) is 0 Å². The number of thiazole rings is 1. The number of alkyl halides is 3. The molecule has 1 saturated heterocycles. The fraction of sp³-hybridized carbons (Fsp3) is 0.261. The van der Waals surface area contributed by atoms with Gasteiger partial charge in [-0.15, -0.1) is 11.3 Å². The zero-order valence-electron chi connectivity index (χ0n) is 17.7. The molecule has 0 unspecified atom stereocenters. The Bertz CT molecular complexity index is 1180. The van der Waals surface area contributed by atoms with Crippen molar-refractivity contribution in [2.24, 2.45) is 0 Å². The van der Waals surface area contributed by atoms with Crippen LogP contribution < -0.4 is 10.6 Å². The maximum absolute atomic E-state index is 13.1. The Morgan fingerprint density at radius 1 is 1.15 bits per heavy atom.